The molecule has 0 radical (unpaired) electrons. The molecule has 0 aliphatic rings. The SMILES string of the molecule is COc1ccc(C(C)=O)cc1CSc1nnc(-c2cc3ccccc3o2)n1-c1ccccc1. The van der Waals surface area contributed by atoms with Gasteiger partial charge in [-0.2, -0.15) is 0 Å². The molecule has 0 spiro atoms. The van der Waals surface area contributed by atoms with Crippen molar-refractivity contribution in [2.75, 3.05) is 7.11 Å². The maximum Gasteiger partial charge on any atom is 0.205 e. The third kappa shape index (κ3) is 4.15. The Hall–Kier alpha value is -3.84. The third-order valence-electron chi connectivity index (χ3n) is 5.34. The van der Waals surface area contributed by atoms with E-state index in [4.69, 9.17) is 9.15 Å². The molecule has 0 unspecified atom stereocenters. The van der Waals surface area contributed by atoms with E-state index in [0.29, 0.717) is 28.1 Å². The zero-order chi connectivity index (χ0) is 22.8. The van der Waals surface area contributed by atoms with E-state index in [9.17, 15) is 4.79 Å². The van der Waals surface area contributed by atoms with Crippen LogP contribution in [-0.2, 0) is 5.75 Å². The van der Waals surface area contributed by atoms with E-state index in [1.807, 2.05) is 77.4 Å². The zero-order valence-electron chi connectivity index (χ0n) is 18.2. The first kappa shape index (κ1) is 21.0. The molecule has 0 fully saturated rings. The second kappa shape index (κ2) is 8.96. The highest BCUT2D eigenvalue weighted by molar-refractivity contribution is 7.98. The summed E-state index contributed by atoms with van der Waals surface area (Å²) in [6.07, 6.45) is 0. The molecule has 2 heterocycles. The Kier molecular flexibility index (Phi) is 5.71. The average Bonchev–Trinajstić information content (AvgIpc) is 3.47. The Labute approximate surface area is 195 Å². The monoisotopic (exact) mass is 455 g/mol. The number of fused-ring (bicyclic) bond motifs is 1. The van der Waals surface area contributed by atoms with E-state index >= 15 is 0 Å². The van der Waals surface area contributed by atoms with Gasteiger partial charge in [0.1, 0.15) is 11.3 Å². The zero-order valence-corrected chi connectivity index (χ0v) is 19.0. The van der Waals surface area contributed by atoms with Gasteiger partial charge in [-0.05, 0) is 49.4 Å². The maximum absolute atomic E-state index is 11.9. The molecule has 0 saturated heterocycles. The molecule has 3 aromatic carbocycles. The van der Waals surface area contributed by atoms with Crippen molar-refractivity contribution in [3.63, 3.8) is 0 Å². The Bertz CT molecular complexity index is 1410. The van der Waals surface area contributed by atoms with E-state index in [0.717, 1.165) is 28.0 Å². The molecule has 5 aromatic rings. The number of carbonyl (C=O) groups excluding carboxylic acids is 1. The minimum Gasteiger partial charge on any atom is -0.496 e. The number of para-hydroxylation sites is 2. The number of rotatable bonds is 7. The first-order chi connectivity index (χ1) is 16.1. The molecular formula is C26H21N3O3S. The Morgan fingerprint density at radius 1 is 1.00 bits per heavy atom. The van der Waals surface area contributed by atoms with Crippen LogP contribution in [0.4, 0.5) is 0 Å². The lowest BCUT2D eigenvalue weighted by Crippen LogP contribution is -2.00. The van der Waals surface area contributed by atoms with Gasteiger partial charge in [0, 0.05) is 28.0 Å². The lowest BCUT2D eigenvalue weighted by Gasteiger charge is -2.11. The summed E-state index contributed by atoms with van der Waals surface area (Å²) in [6.45, 7) is 1.56. The molecule has 0 aliphatic carbocycles. The van der Waals surface area contributed by atoms with Crippen LogP contribution in [0.1, 0.15) is 22.8 Å². The van der Waals surface area contributed by atoms with Gasteiger partial charge < -0.3 is 9.15 Å². The van der Waals surface area contributed by atoms with E-state index in [1.54, 1.807) is 20.1 Å². The number of nitrogens with zero attached hydrogens (tertiary/aromatic N) is 3. The Morgan fingerprint density at radius 2 is 1.79 bits per heavy atom. The molecule has 0 atom stereocenters. The largest absolute Gasteiger partial charge is 0.496 e. The average molecular weight is 456 g/mol. The van der Waals surface area contributed by atoms with Gasteiger partial charge in [-0.15, -0.1) is 10.2 Å². The fraction of sp³-hybridized carbons (Fsp3) is 0.115. The normalized spacial score (nSPS) is 11.1. The summed E-state index contributed by atoms with van der Waals surface area (Å²) in [6, 6.07) is 25.3. The molecule has 0 amide bonds. The molecule has 5 rings (SSSR count). The second-order valence-electron chi connectivity index (χ2n) is 7.50. The highest BCUT2D eigenvalue weighted by Crippen LogP contribution is 2.34. The molecule has 0 saturated carbocycles. The number of methoxy groups -OCH3 is 1. The summed E-state index contributed by atoms with van der Waals surface area (Å²) in [5.41, 5.74) is 3.31. The number of thioether (sulfide) groups is 1. The van der Waals surface area contributed by atoms with Crippen LogP contribution in [0.5, 0.6) is 5.75 Å². The number of aromatic nitrogens is 3. The smallest absolute Gasteiger partial charge is 0.205 e. The van der Waals surface area contributed by atoms with Crippen LogP contribution >= 0.6 is 11.8 Å². The van der Waals surface area contributed by atoms with Crippen LogP contribution in [0.2, 0.25) is 0 Å². The second-order valence-corrected chi connectivity index (χ2v) is 8.44. The van der Waals surface area contributed by atoms with Crippen molar-refractivity contribution in [1.82, 2.24) is 14.8 Å². The quantitative estimate of drug-likeness (QED) is 0.215. The molecule has 0 bridgehead atoms. The van der Waals surface area contributed by atoms with Crippen molar-refractivity contribution >= 4 is 28.5 Å². The van der Waals surface area contributed by atoms with Gasteiger partial charge in [0.2, 0.25) is 5.82 Å². The Balaban J connectivity index is 1.55. The van der Waals surface area contributed by atoms with Crippen LogP contribution in [-0.4, -0.2) is 27.7 Å². The number of benzene rings is 3. The summed E-state index contributed by atoms with van der Waals surface area (Å²) in [5, 5.41) is 10.7. The van der Waals surface area contributed by atoms with Crippen molar-refractivity contribution < 1.29 is 13.9 Å². The van der Waals surface area contributed by atoms with Crippen LogP contribution in [0.3, 0.4) is 0 Å². The van der Waals surface area contributed by atoms with E-state index in [1.165, 1.54) is 11.8 Å². The predicted octanol–water partition coefficient (Wildman–Crippen LogP) is 6.18. The highest BCUT2D eigenvalue weighted by atomic mass is 32.2. The third-order valence-corrected chi connectivity index (χ3v) is 6.32. The molecular weight excluding hydrogens is 434 g/mol. The standard InChI is InChI=1S/C26H21N3O3S/c1-17(30)18-12-13-22(31-2)20(14-18)16-33-26-28-27-25(29(26)21-9-4-3-5-10-21)24-15-19-8-6-7-11-23(19)32-24/h3-15H,16H2,1-2H3. The topological polar surface area (TPSA) is 70.2 Å². The van der Waals surface area contributed by atoms with Crippen LogP contribution in [0, 0.1) is 0 Å². The molecule has 33 heavy (non-hydrogen) atoms. The van der Waals surface area contributed by atoms with Crippen molar-refractivity contribution in [3.8, 4) is 23.0 Å². The minimum absolute atomic E-state index is 0.0172. The van der Waals surface area contributed by atoms with Crippen LogP contribution < -0.4 is 4.74 Å². The fourth-order valence-corrected chi connectivity index (χ4v) is 4.61. The number of carbonyl (C=O) groups is 1. The first-order valence-corrected chi connectivity index (χ1v) is 11.4. The highest BCUT2D eigenvalue weighted by Gasteiger charge is 2.20. The van der Waals surface area contributed by atoms with Crippen LogP contribution in [0.15, 0.2) is 88.4 Å². The van der Waals surface area contributed by atoms with Crippen molar-refractivity contribution in [2.45, 2.75) is 17.8 Å². The number of hydrogen-bond donors (Lipinski definition) is 0. The van der Waals surface area contributed by atoms with Gasteiger partial charge in [-0.3, -0.25) is 9.36 Å². The maximum atomic E-state index is 11.9. The first-order valence-electron chi connectivity index (χ1n) is 10.4. The molecule has 6 nitrogen and oxygen atoms in total. The van der Waals surface area contributed by atoms with Gasteiger partial charge >= 0.3 is 0 Å². The number of ether oxygens (including phenoxy) is 1. The molecule has 164 valence electrons. The Morgan fingerprint density at radius 3 is 2.55 bits per heavy atom. The van der Waals surface area contributed by atoms with Gasteiger partial charge in [0.25, 0.3) is 0 Å². The fourth-order valence-electron chi connectivity index (χ4n) is 3.68. The van der Waals surface area contributed by atoms with Crippen molar-refractivity contribution in [3.05, 3.63) is 90.0 Å². The predicted molar refractivity (Wildman–Crippen MR) is 129 cm³/mol. The molecule has 0 aliphatic heterocycles. The van der Waals surface area contributed by atoms with Gasteiger partial charge in [-0.25, -0.2) is 0 Å². The van der Waals surface area contributed by atoms with Gasteiger partial charge in [0.15, 0.2) is 16.7 Å². The number of furan rings is 1. The van der Waals surface area contributed by atoms with Crippen molar-refractivity contribution in [2.24, 2.45) is 0 Å². The summed E-state index contributed by atoms with van der Waals surface area (Å²) in [7, 11) is 1.63. The van der Waals surface area contributed by atoms with Gasteiger partial charge in [0.05, 0.1) is 7.11 Å². The van der Waals surface area contributed by atoms with E-state index in [-0.39, 0.29) is 5.78 Å². The number of hydrogen-bond acceptors (Lipinski definition) is 6. The lowest BCUT2D eigenvalue weighted by molar-refractivity contribution is 0.101. The van der Waals surface area contributed by atoms with Crippen LogP contribution in [0.25, 0.3) is 28.2 Å². The van der Waals surface area contributed by atoms with E-state index < -0.39 is 0 Å². The number of ketones is 1. The lowest BCUT2D eigenvalue weighted by atomic mass is 10.1. The van der Waals surface area contributed by atoms with E-state index in [2.05, 4.69) is 10.2 Å². The molecule has 2 aromatic heterocycles. The van der Waals surface area contributed by atoms with Gasteiger partial charge in [-0.1, -0.05) is 48.2 Å². The molecule has 7 heteroatoms. The summed E-state index contributed by atoms with van der Waals surface area (Å²) < 4.78 is 13.6. The number of Topliss-reactive ketones (excluding diaryl/α,β-unsaturated/α-hetero) is 1. The summed E-state index contributed by atoms with van der Waals surface area (Å²) in [5.74, 6) is 2.59. The summed E-state index contributed by atoms with van der Waals surface area (Å²) in [4.78, 5) is 11.9. The molecule has 0 N–H and O–H groups in total. The minimum atomic E-state index is 0.0172. The summed E-state index contributed by atoms with van der Waals surface area (Å²) >= 11 is 1.52. The van der Waals surface area contributed by atoms with Crippen molar-refractivity contribution in [1.29, 1.82) is 0 Å².